The molecule has 3 nitrogen and oxygen atoms in total. The smallest absolute Gasteiger partial charge is 0.339 e. The molecule has 0 aliphatic rings. The van der Waals surface area contributed by atoms with Crippen LogP contribution in [0.3, 0.4) is 0 Å². The molecule has 1 rings (SSSR count). The molecule has 0 atom stereocenters. The minimum Gasteiger partial charge on any atom is -0.507 e. The molecule has 0 radical (unpaired) electrons. The first kappa shape index (κ1) is 9.86. The van der Waals surface area contributed by atoms with Crippen molar-refractivity contribution in [1.82, 2.24) is 0 Å². The number of hydrogen-bond donors (Lipinski definition) is 2. The summed E-state index contributed by atoms with van der Waals surface area (Å²) in [5.74, 6) is -1.42. The second-order valence-electron chi connectivity index (χ2n) is 2.62. The average molecular weight is 201 g/mol. The van der Waals surface area contributed by atoms with Crippen LogP contribution in [0.5, 0.6) is 5.75 Å². The van der Waals surface area contributed by atoms with Crippen molar-refractivity contribution in [3.8, 4) is 5.75 Å². The van der Waals surface area contributed by atoms with E-state index >= 15 is 0 Å². The minimum absolute atomic E-state index is 0.165. The second-order valence-corrected chi connectivity index (χ2v) is 3.03. The molecule has 0 unspecified atom stereocenters. The van der Waals surface area contributed by atoms with Gasteiger partial charge in [-0.25, -0.2) is 4.79 Å². The number of aromatic carboxylic acids is 1. The fourth-order valence-electron chi connectivity index (χ4n) is 1.05. The third-order valence-corrected chi connectivity index (χ3v) is 2.13. The molecule has 0 spiro atoms. The third kappa shape index (κ3) is 1.92. The standard InChI is InChI=1S/C9H9ClO3/c1-2-5-3-8(11)6(9(12)13)4-7(5)10/h3-4,11H,2H2,1H3,(H,12,13). The maximum Gasteiger partial charge on any atom is 0.339 e. The van der Waals surface area contributed by atoms with E-state index < -0.39 is 5.97 Å². The molecule has 13 heavy (non-hydrogen) atoms. The van der Waals surface area contributed by atoms with E-state index in [1.54, 1.807) is 0 Å². The van der Waals surface area contributed by atoms with Gasteiger partial charge in [-0.15, -0.1) is 0 Å². The van der Waals surface area contributed by atoms with Crippen LogP contribution >= 0.6 is 11.6 Å². The normalized spacial score (nSPS) is 10.0. The Bertz CT molecular complexity index is 347. The topological polar surface area (TPSA) is 57.5 Å². The van der Waals surface area contributed by atoms with E-state index in [1.807, 2.05) is 6.92 Å². The maximum atomic E-state index is 10.6. The Morgan fingerprint density at radius 2 is 2.15 bits per heavy atom. The number of halogens is 1. The molecule has 0 bridgehead atoms. The van der Waals surface area contributed by atoms with E-state index in [9.17, 15) is 9.90 Å². The number of carboxylic acids is 1. The molecule has 0 fully saturated rings. The van der Waals surface area contributed by atoms with E-state index in [2.05, 4.69) is 0 Å². The van der Waals surface area contributed by atoms with Gasteiger partial charge in [0.05, 0.1) is 0 Å². The predicted octanol–water partition coefficient (Wildman–Crippen LogP) is 2.31. The molecule has 0 aliphatic carbocycles. The zero-order valence-corrected chi connectivity index (χ0v) is 7.80. The first-order valence-corrected chi connectivity index (χ1v) is 4.18. The van der Waals surface area contributed by atoms with Crippen molar-refractivity contribution in [2.75, 3.05) is 0 Å². The van der Waals surface area contributed by atoms with Gasteiger partial charge < -0.3 is 10.2 Å². The molecule has 0 aliphatic heterocycles. The Kier molecular flexibility index (Phi) is 2.78. The van der Waals surface area contributed by atoms with E-state index in [0.717, 1.165) is 5.56 Å². The van der Waals surface area contributed by atoms with Crippen molar-refractivity contribution < 1.29 is 15.0 Å². The van der Waals surface area contributed by atoms with Crippen molar-refractivity contribution in [2.45, 2.75) is 13.3 Å². The first-order chi connectivity index (χ1) is 6.06. The van der Waals surface area contributed by atoms with Gasteiger partial charge in [0, 0.05) is 5.02 Å². The van der Waals surface area contributed by atoms with Gasteiger partial charge >= 0.3 is 5.97 Å². The number of carbonyl (C=O) groups is 1. The summed E-state index contributed by atoms with van der Waals surface area (Å²) in [5, 5.41) is 18.3. The van der Waals surface area contributed by atoms with Gasteiger partial charge in [0.2, 0.25) is 0 Å². The molecule has 1 aromatic rings. The van der Waals surface area contributed by atoms with Crippen molar-refractivity contribution in [3.05, 3.63) is 28.3 Å². The number of hydrogen-bond acceptors (Lipinski definition) is 2. The van der Waals surface area contributed by atoms with Crippen molar-refractivity contribution >= 4 is 17.6 Å². The Morgan fingerprint density at radius 3 is 2.62 bits per heavy atom. The fraction of sp³-hybridized carbons (Fsp3) is 0.222. The first-order valence-electron chi connectivity index (χ1n) is 3.81. The number of rotatable bonds is 2. The van der Waals surface area contributed by atoms with Gasteiger partial charge in [-0.2, -0.15) is 0 Å². The largest absolute Gasteiger partial charge is 0.507 e. The number of benzene rings is 1. The van der Waals surface area contributed by atoms with Crippen LogP contribution < -0.4 is 0 Å². The molecule has 0 saturated carbocycles. The molecule has 1 aromatic carbocycles. The number of aryl methyl sites for hydroxylation is 1. The average Bonchev–Trinajstić information content (AvgIpc) is 2.07. The van der Waals surface area contributed by atoms with Crippen LogP contribution in [0, 0.1) is 0 Å². The number of carboxylic acid groups (broad SMARTS) is 1. The highest BCUT2D eigenvalue weighted by molar-refractivity contribution is 6.31. The molecule has 4 heteroatoms. The summed E-state index contributed by atoms with van der Waals surface area (Å²) in [6, 6.07) is 2.64. The number of phenols is 1. The van der Waals surface area contributed by atoms with Crippen LogP contribution in [-0.2, 0) is 6.42 Å². The van der Waals surface area contributed by atoms with E-state index in [-0.39, 0.29) is 11.3 Å². The Hall–Kier alpha value is -1.22. The molecule has 0 heterocycles. The van der Waals surface area contributed by atoms with Crippen molar-refractivity contribution in [1.29, 1.82) is 0 Å². The van der Waals surface area contributed by atoms with E-state index in [4.69, 9.17) is 16.7 Å². The Labute approximate surface area is 80.6 Å². The van der Waals surface area contributed by atoms with Gasteiger partial charge in [0.15, 0.2) is 0 Å². The SMILES string of the molecule is CCc1cc(O)c(C(=O)O)cc1Cl. The van der Waals surface area contributed by atoms with Gasteiger partial charge in [-0.3, -0.25) is 0 Å². The summed E-state index contributed by atoms with van der Waals surface area (Å²) in [6.45, 7) is 1.88. The highest BCUT2D eigenvalue weighted by Crippen LogP contribution is 2.26. The van der Waals surface area contributed by atoms with Gasteiger partial charge in [-0.1, -0.05) is 18.5 Å². The second kappa shape index (κ2) is 3.66. The Morgan fingerprint density at radius 1 is 1.54 bits per heavy atom. The van der Waals surface area contributed by atoms with Crippen LogP contribution in [0.2, 0.25) is 5.02 Å². The van der Waals surface area contributed by atoms with Crippen LogP contribution in [0.1, 0.15) is 22.8 Å². The zero-order valence-electron chi connectivity index (χ0n) is 7.04. The molecule has 70 valence electrons. The lowest BCUT2D eigenvalue weighted by Crippen LogP contribution is -1.98. The highest BCUT2D eigenvalue weighted by Gasteiger charge is 2.12. The predicted molar refractivity (Wildman–Crippen MR) is 49.5 cm³/mol. The quantitative estimate of drug-likeness (QED) is 0.770. The van der Waals surface area contributed by atoms with Gasteiger partial charge in [0.1, 0.15) is 11.3 Å². The van der Waals surface area contributed by atoms with Crippen LogP contribution in [0.15, 0.2) is 12.1 Å². The van der Waals surface area contributed by atoms with Crippen molar-refractivity contribution in [3.63, 3.8) is 0 Å². The fourth-order valence-corrected chi connectivity index (χ4v) is 1.34. The highest BCUT2D eigenvalue weighted by atomic mass is 35.5. The lowest BCUT2D eigenvalue weighted by molar-refractivity contribution is 0.0693. The number of aromatic hydroxyl groups is 1. The lowest BCUT2D eigenvalue weighted by atomic mass is 10.1. The van der Waals surface area contributed by atoms with Crippen LogP contribution in [0.4, 0.5) is 0 Å². The minimum atomic E-state index is -1.18. The summed E-state index contributed by atoms with van der Waals surface area (Å²) >= 11 is 5.77. The maximum absolute atomic E-state index is 10.6. The summed E-state index contributed by atoms with van der Waals surface area (Å²) in [6.07, 6.45) is 0.659. The summed E-state index contributed by atoms with van der Waals surface area (Å²) < 4.78 is 0. The molecule has 0 saturated heterocycles. The zero-order chi connectivity index (χ0) is 10.0. The van der Waals surface area contributed by atoms with Crippen LogP contribution in [0.25, 0.3) is 0 Å². The van der Waals surface area contributed by atoms with Gasteiger partial charge in [0.25, 0.3) is 0 Å². The molecular formula is C9H9ClO3. The van der Waals surface area contributed by atoms with E-state index in [1.165, 1.54) is 12.1 Å². The Balaban J connectivity index is 3.28. The molecule has 0 aromatic heterocycles. The van der Waals surface area contributed by atoms with Crippen LogP contribution in [-0.4, -0.2) is 16.2 Å². The summed E-state index contributed by atoms with van der Waals surface area (Å²) in [7, 11) is 0. The lowest BCUT2D eigenvalue weighted by Gasteiger charge is -2.04. The van der Waals surface area contributed by atoms with Crippen molar-refractivity contribution in [2.24, 2.45) is 0 Å². The van der Waals surface area contributed by atoms with E-state index in [0.29, 0.717) is 11.4 Å². The monoisotopic (exact) mass is 200 g/mol. The third-order valence-electron chi connectivity index (χ3n) is 1.78. The molecule has 2 N–H and O–H groups in total. The molecule has 0 amide bonds. The molecular weight excluding hydrogens is 192 g/mol. The summed E-state index contributed by atoms with van der Waals surface area (Å²) in [4.78, 5) is 10.6. The summed E-state index contributed by atoms with van der Waals surface area (Å²) in [5.41, 5.74) is 0.575. The van der Waals surface area contributed by atoms with Gasteiger partial charge in [-0.05, 0) is 24.1 Å².